The molecule has 3 unspecified atom stereocenters. The number of hydrogen-bond donors (Lipinski definition) is 1. The van der Waals surface area contributed by atoms with Gasteiger partial charge in [-0.15, -0.1) is 0 Å². The largest absolute Gasteiger partial charge is 0.486 e. The van der Waals surface area contributed by atoms with Gasteiger partial charge in [-0.2, -0.15) is 0 Å². The first kappa shape index (κ1) is 46.6. The summed E-state index contributed by atoms with van der Waals surface area (Å²) in [5.74, 6) is 0.409. The molecule has 1 N–H and O–H groups in total. The maximum absolute atomic E-state index is 14.7. The molecule has 4 aromatic heterocycles. The fraction of sp³-hybridized carbons (Fsp3) is 0.429. The average molecular weight is 963 g/mol. The molecule has 2 fully saturated rings. The molecule has 2 saturated heterocycles. The Balaban J connectivity index is 0.864. The highest BCUT2D eigenvalue weighted by molar-refractivity contribution is 5.83. The number of rotatable bonds is 15. The van der Waals surface area contributed by atoms with Gasteiger partial charge in [-0.25, -0.2) is 23.5 Å². The third-order valence-electron chi connectivity index (χ3n) is 13.2. The van der Waals surface area contributed by atoms with E-state index >= 15 is 0 Å². The summed E-state index contributed by atoms with van der Waals surface area (Å²) >= 11 is 0. The molecule has 8 heterocycles. The van der Waals surface area contributed by atoms with Crippen LogP contribution in [-0.2, 0) is 35.7 Å². The van der Waals surface area contributed by atoms with E-state index < -0.39 is 29.7 Å². The van der Waals surface area contributed by atoms with E-state index in [2.05, 4.69) is 35.1 Å². The smallest absolute Gasteiger partial charge is 0.410 e. The van der Waals surface area contributed by atoms with Gasteiger partial charge in [-0.1, -0.05) is 0 Å². The van der Waals surface area contributed by atoms with Gasteiger partial charge in [0, 0.05) is 102 Å². The zero-order chi connectivity index (χ0) is 48.1. The van der Waals surface area contributed by atoms with Crippen molar-refractivity contribution < 1.29 is 42.1 Å². The van der Waals surface area contributed by atoms with Gasteiger partial charge in [0.1, 0.15) is 49.9 Å². The number of nitrogens with one attached hydrogen (secondary N) is 1. The van der Waals surface area contributed by atoms with Crippen molar-refractivity contribution in [1.82, 2.24) is 49.1 Å². The van der Waals surface area contributed by atoms with E-state index in [1.165, 1.54) is 56.8 Å². The molecule has 0 radical (unpaired) electrons. The lowest BCUT2D eigenvalue weighted by atomic mass is 9.94. The molecule has 70 heavy (non-hydrogen) atoms. The van der Waals surface area contributed by atoms with Crippen molar-refractivity contribution >= 4 is 33.9 Å². The number of fused-ring (bicyclic) bond motifs is 4. The standard InChI is InChI=1S/C49H52F2N10O9/c50-33-1-3-37-39(17-33)60(47(63)25-55-37)11-9-57-7-5-41(62)32(28-57)29-59(30-36-20-44-46(24-54-36)69-16-14-67-44)49(65)70-42-6-8-58(10-12-61-40-18-34(51)2-4-38(40)56-26-48(61)64)27-31(42)21-52-22-35-19-43-45(23-53-35)68-15-13-66-43/h1-4,17-20,23-26,31-32,42,52H,5-16,21-22,27-30H2. The predicted octanol–water partition coefficient (Wildman–Crippen LogP) is 3.43. The van der Waals surface area contributed by atoms with E-state index in [0.717, 1.165) is 5.69 Å². The molecule has 10 rings (SSSR count). The molecule has 19 nitrogen and oxygen atoms in total. The van der Waals surface area contributed by atoms with Crippen molar-refractivity contribution in [1.29, 1.82) is 0 Å². The number of hydrogen-bond acceptors (Lipinski definition) is 16. The number of ketones is 1. The van der Waals surface area contributed by atoms with E-state index in [9.17, 15) is 28.0 Å². The van der Waals surface area contributed by atoms with Crippen LogP contribution in [0.5, 0.6) is 23.0 Å². The van der Waals surface area contributed by atoms with Crippen molar-refractivity contribution in [2.75, 3.05) is 78.8 Å². The van der Waals surface area contributed by atoms with Crippen LogP contribution in [0.15, 0.2) is 82.9 Å². The molecule has 3 atom stereocenters. The highest BCUT2D eigenvalue weighted by Crippen LogP contribution is 2.32. The third-order valence-corrected chi connectivity index (χ3v) is 13.2. The van der Waals surface area contributed by atoms with Gasteiger partial charge in [-0.05, 0) is 42.8 Å². The number of aromatic nitrogens is 6. The zero-order valence-electron chi connectivity index (χ0n) is 38.3. The highest BCUT2D eigenvalue weighted by Gasteiger charge is 2.36. The molecular weight excluding hydrogens is 911 g/mol. The molecule has 4 aliphatic heterocycles. The molecule has 0 saturated carbocycles. The van der Waals surface area contributed by atoms with Crippen molar-refractivity contribution in [3.8, 4) is 23.0 Å². The van der Waals surface area contributed by atoms with Crippen molar-refractivity contribution in [3.05, 3.63) is 117 Å². The number of Topliss-reactive ketones (excluding diaryl/α,β-unsaturated/α-hetero) is 1. The number of ether oxygens (including phenoxy) is 5. The molecule has 6 aromatic rings. The number of carbonyl (C=O) groups is 2. The first-order valence-corrected chi connectivity index (χ1v) is 23.5. The van der Waals surface area contributed by atoms with E-state index in [1.807, 2.05) is 6.07 Å². The van der Waals surface area contributed by atoms with Crippen LogP contribution in [0.3, 0.4) is 0 Å². The number of carbonyl (C=O) groups excluding carboxylic acids is 2. The summed E-state index contributed by atoms with van der Waals surface area (Å²) in [5.41, 5.74) is 2.33. The second-order valence-electron chi connectivity index (χ2n) is 17.9. The number of halogens is 2. The molecule has 366 valence electrons. The van der Waals surface area contributed by atoms with Crippen LogP contribution in [0.1, 0.15) is 24.2 Å². The van der Waals surface area contributed by atoms with E-state index in [4.69, 9.17) is 23.7 Å². The van der Waals surface area contributed by atoms with Gasteiger partial charge in [0.25, 0.3) is 11.1 Å². The number of piperidine rings is 2. The van der Waals surface area contributed by atoms with Crippen LogP contribution in [0, 0.1) is 23.5 Å². The lowest BCUT2D eigenvalue weighted by Crippen LogP contribution is -2.51. The summed E-state index contributed by atoms with van der Waals surface area (Å²) in [6.07, 6.45) is 5.18. The third kappa shape index (κ3) is 10.7. The number of likely N-dealkylation sites (tertiary alicyclic amines) is 2. The Bertz CT molecular complexity index is 3030. The summed E-state index contributed by atoms with van der Waals surface area (Å²) in [4.78, 5) is 77.6. The first-order chi connectivity index (χ1) is 34.1. The normalized spacial score (nSPS) is 19.3. The summed E-state index contributed by atoms with van der Waals surface area (Å²) in [7, 11) is 0. The first-order valence-electron chi connectivity index (χ1n) is 23.5. The quantitative estimate of drug-likeness (QED) is 0.157. The monoisotopic (exact) mass is 962 g/mol. The average Bonchev–Trinajstić information content (AvgIpc) is 3.37. The van der Waals surface area contributed by atoms with Crippen LogP contribution in [-0.4, -0.2) is 141 Å². The molecule has 0 bridgehead atoms. The van der Waals surface area contributed by atoms with Gasteiger partial charge < -0.3 is 52.8 Å². The molecule has 2 aromatic carbocycles. The number of benzene rings is 2. The molecule has 0 spiro atoms. The maximum Gasteiger partial charge on any atom is 0.410 e. The van der Waals surface area contributed by atoms with Crippen molar-refractivity contribution in [3.63, 3.8) is 0 Å². The van der Waals surface area contributed by atoms with Crippen LogP contribution in [0.25, 0.3) is 22.1 Å². The minimum Gasteiger partial charge on any atom is -0.486 e. The molecular formula is C49H52F2N10O9. The van der Waals surface area contributed by atoms with Crippen molar-refractivity contribution in [2.45, 2.75) is 45.1 Å². The number of amides is 1. The van der Waals surface area contributed by atoms with Gasteiger partial charge in [0.05, 0.1) is 64.8 Å². The second-order valence-corrected chi connectivity index (χ2v) is 17.9. The van der Waals surface area contributed by atoms with Crippen molar-refractivity contribution in [2.24, 2.45) is 11.8 Å². The summed E-state index contributed by atoms with van der Waals surface area (Å²) in [6, 6.07) is 11.9. The van der Waals surface area contributed by atoms with Gasteiger partial charge >= 0.3 is 6.09 Å². The van der Waals surface area contributed by atoms with E-state index in [0.29, 0.717) is 136 Å². The zero-order valence-corrected chi connectivity index (χ0v) is 38.3. The maximum atomic E-state index is 14.7. The van der Waals surface area contributed by atoms with Gasteiger partial charge in [0.15, 0.2) is 23.0 Å². The Hall–Kier alpha value is -7.10. The van der Waals surface area contributed by atoms with Crippen LogP contribution >= 0.6 is 0 Å². The second kappa shape index (κ2) is 20.9. The molecule has 21 heteroatoms. The molecule has 4 aliphatic rings. The molecule has 0 aliphatic carbocycles. The van der Waals surface area contributed by atoms with Gasteiger partial charge in [0.2, 0.25) is 0 Å². The summed E-state index contributed by atoms with van der Waals surface area (Å²) in [6.45, 7) is 5.66. The SMILES string of the molecule is O=C1CCN(CCn2c(=O)cnc3ccc(F)cc32)CC1CN(Cc1cc2c(cn1)OCCO2)C(=O)OC1CCN(CCn2c(=O)cnc3ccc(F)cc32)CC1CNCc1cc2c(cn1)OCCO2. The Kier molecular flexibility index (Phi) is 13.9. The lowest BCUT2D eigenvalue weighted by Gasteiger charge is -2.39. The topological polar surface area (TPSA) is 198 Å². The number of nitrogens with zero attached hydrogens (tertiary/aromatic N) is 9. The number of pyridine rings is 2. The van der Waals surface area contributed by atoms with E-state index in [-0.39, 0.29) is 55.4 Å². The Labute approximate surface area is 399 Å². The van der Waals surface area contributed by atoms with Crippen LogP contribution in [0.4, 0.5) is 13.6 Å². The Morgan fingerprint density at radius 3 is 1.89 bits per heavy atom. The predicted molar refractivity (Wildman–Crippen MR) is 249 cm³/mol. The Morgan fingerprint density at radius 1 is 0.686 bits per heavy atom. The summed E-state index contributed by atoms with van der Waals surface area (Å²) in [5, 5.41) is 3.50. The Morgan fingerprint density at radius 2 is 1.26 bits per heavy atom. The van der Waals surface area contributed by atoms with Crippen LogP contribution < -0.4 is 35.4 Å². The highest BCUT2D eigenvalue weighted by atomic mass is 19.1. The fourth-order valence-electron chi connectivity index (χ4n) is 9.61. The molecule has 1 amide bonds. The van der Waals surface area contributed by atoms with Gasteiger partial charge in [-0.3, -0.25) is 24.4 Å². The minimum atomic E-state index is -0.618. The minimum absolute atomic E-state index is 0.00950. The van der Waals surface area contributed by atoms with E-state index in [1.54, 1.807) is 24.5 Å². The summed E-state index contributed by atoms with van der Waals surface area (Å²) < 4.78 is 61.1. The lowest BCUT2D eigenvalue weighted by molar-refractivity contribution is -0.127. The fourth-order valence-corrected chi connectivity index (χ4v) is 9.61. The van der Waals surface area contributed by atoms with Crippen LogP contribution in [0.2, 0.25) is 0 Å².